The summed E-state index contributed by atoms with van der Waals surface area (Å²) >= 11 is 0. The molecule has 2 heterocycles. The Hall–Kier alpha value is -3.91. The number of benzene rings is 3. The molecule has 0 aliphatic carbocycles. The first-order chi connectivity index (χ1) is 16.9. The second-order valence-electron chi connectivity index (χ2n) is 8.55. The number of imidazole rings is 1. The summed E-state index contributed by atoms with van der Waals surface area (Å²) in [6.07, 6.45) is 0.0232. The van der Waals surface area contributed by atoms with Crippen LogP contribution in [0.25, 0.3) is 11.1 Å². The molecular formula is C27H23F3N4O. The van der Waals surface area contributed by atoms with Crippen LogP contribution >= 0.6 is 0 Å². The van der Waals surface area contributed by atoms with E-state index in [1.807, 2.05) is 24.4 Å². The highest BCUT2D eigenvalue weighted by Gasteiger charge is 2.30. The van der Waals surface area contributed by atoms with Gasteiger partial charge in [0.2, 0.25) is 0 Å². The number of hydrogen-bond acceptors (Lipinski definition) is 3. The van der Waals surface area contributed by atoms with Gasteiger partial charge in [0.05, 0.1) is 12.1 Å². The number of carbonyl (C=O) groups excluding carboxylic acids is 1. The molecule has 0 fully saturated rings. The van der Waals surface area contributed by atoms with Gasteiger partial charge in [-0.3, -0.25) is 9.69 Å². The van der Waals surface area contributed by atoms with E-state index in [0.29, 0.717) is 22.4 Å². The first-order valence-corrected chi connectivity index (χ1v) is 11.3. The Morgan fingerprint density at radius 1 is 1.03 bits per heavy atom. The number of aromatic nitrogens is 2. The lowest BCUT2D eigenvalue weighted by atomic mass is 9.97. The minimum absolute atomic E-state index is 0.310. The molecule has 3 aromatic carbocycles. The van der Waals surface area contributed by atoms with Crippen LogP contribution in [-0.4, -0.2) is 27.3 Å². The molecule has 0 bridgehead atoms. The Morgan fingerprint density at radius 2 is 1.83 bits per heavy atom. The third kappa shape index (κ3) is 5.12. The second-order valence-corrected chi connectivity index (χ2v) is 8.55. The Balaban J connectivity index is 1.31. The predicted molar refractivity (Wildman–Crippen MR) is 128 cm³/mol. The maximum atomic E-state index is 13.1. The van der Waals surface area contributed by atoms with Crippen molar-refractivity contribution >= 4 is 11.6 Å². The van der Waals surface area contributed by atoms with Crippen molar-refractivity contribution in [3.8, 4) is 11.1 Å². The van der Waals surface area contributed by atoms with E-state index >= 15 is 0 Å². The zero-order valence-corrected chi connectivity index (χ0v) is 18.8. The monoisotopic (exact) mass is 476 g/mol. The third-order valence-corrected chi connectivity index (χ3v) is 6.18. The summed E-state index contributed by atoms with van der Waals surface area (Å²) in [4.78, 5) is 22.9. The zero-order chi connectivity index (χ0) is 24.4. The van der Waals surface area contributed by atoms with Gasteiger partial charge in [0.15, 0.2) is 0 Å². The van der Waals surface area contributed by atoms with Crippen molar-refractivity contribution in [1.82, 2.24) is 14.9 Å². The number of aromatic amines is 1. The van der Waals surface area contributed by atoms with Crippen LogP contribution in [-0.2, 0) is 25.7 Å². The molecule has 0 saturated heterocycles. The van der Waals surface area contributed by atoms with Crippen LogP contribution < -0.4 is 5.32 Å². The standard InChI is InChI=1S/C27H23F3N4O/c28-27(29,30)21-8-5-18(6-9-21)23-3-1-2-4-24(23)26(35)33-22-10-7-20-16-34(14-11-19(20)15-22)17-25-31-12-13-32-25/h1-10,12-13,15H,11,14,16-17H2,(H,31,32)(H,33,35). The number of nitrogens with one attached hydrogen (secondary N) is 2. The summed E-state index contributed by atoms with van der Waals surface area (Å²) in [6.45, 7) is 2.45. The molecule has 0 radical (unpaired) electrons. The van der Waals surface area contributed by atoms with Crippen molar-refractivity contribution < 1.29 is 18.0 Å². The average molecular weight is 477 g/mol. The second kappa shape index (κ2) is 9.38. The number of rotatable bonds is 5. The highest BCUT2D eigenvalue weighted by Crippen LogP contribution is 2.32. The maximum Gasteiger partial charge on any atom is 0.416 e. The van der Waals surface area contributed by atoms with Gasteiger partial charge in [0.1, 0.15) is 5.82 Å². The van der Waals surface area contributed by atoms with Gasteiger partial charge in [-0.1, -0.05) is 36.4 Å². The maximum absolute atomic E-state index is 13.1. The van der Waals surface area contributed by atoms with Crippen LogP contribution in [0.5, 0.6) is 0 Å². The van der Waals surface area contributed by atoms with E-state index in [4.69, 9.17) is 0 Å². The van der Waals surface area contributed by atoms with E-state index in [1.165, 1.54) is 23.3 Å². The summed E-state index contributed by atoms with van der Waals surface area (Å²) in [5.41, 5.74) is 3.89. The van der Waals surface area contributed by atoms with Crippen molar-refractivity contribution in [2.45, 2.75) is 25.7 Å². The summed E-state index contributed by atoms with van der Waals surface area (Å²) < 4.78 is 38.8. The molecule has 4 aromatic rings. The lowest BCUT2D eigenvalue weighted by Crippen LogP contribution is -2.30. The van der Waals surface area contributed by atoms with E-state index in [-0.39, 0.29) is 5.91 Å². The van der Waals surface area contributed by atoms with Gasteiger partial charge in [-0.25, -0.2) is 4.98 Å². The minimum Gasteiger partial charge on any atom is -0.348 e. The van der Waals surface area contributed by atoms with E-state index in [1.54, 1.807) is 30.5 Å². The van der Waals surface area contributed by atoms with Crippen LogP contribution in [0.15, 0.2) is 79.1 Å². The van der Waals surface area contributed by atoms with Gasteiger partial charge >= 0.3 is 6.18 Å². The minimum atomic E-state index is -4.41. The molecule has 1 aliphatic rings. The van der Waals surface area contributed by atoms with Crippen molar-refractivity contribution in [2.24, 2.45) is 0 Å². The molecule has 0 spiro atoms. The molecule has 178 valence electrons. The molecule has 2 N–H and O–H groups in total. The smallest absolute Gasteiger partial charge is 0.348 e. The van der Waals surface area contributed by atoms with Gasteiger partial charge in [0.25, 0.3) is 5.91 Å². The molecule has 1 amide bonds. The topological polar surface area (TPSA) is 61.0 Å². The normalized spacial score (nSPS) is 13.9. The van der Waals surface area contributed by atoms with Crippen molar-refractivity contribution in [3.63, 3.8) is 0 Å². The van der Waals surface area contributed by atoms with Crippen LogP contribution in [0.2, 0.25) is 0 Å². The number of H-pyrrole nitrogens is 1. The summed E-state index contributed by atoms with van der Waals surface area (Å²) in [5, 5.41) is 2.95. The molecule has 5 rings (SSSR count). The van der Waals surface area contributed by atoms with Crippen LogP contribution in [0.4, 0.5) is 18.9 Å². The Kier molecular flexibility index (Phi) is 6.13. The van der Waals surface area contributed by atoms with Crippen molar-refractivity contribution in [3.05, 3.63) is 107 Å². The van der Waals surface area contributed by atoms with Gasteiger partial charge in [-0.2, -0.15) is 13.2 Å². The lowest BCUT2D eigenvalue weighted by Gasteiger charge is -2.28. The number of anilines is 1. The van der Waals surface area contributed by atoms with Gasteiger partial charge < -0.3 is 10.3 Å². The molecule has 0 unspecified atom stereocenters. The average Bonchev–Trinajstić information content (AvgIpc) is 3.37. The number of hydrogen-bond donors (Lipinski definition) is 2. The molecule has 1 aliphatic heterocycles. The number of nitrogens with zero attached hydrogens (tertiary/aromatic N) is 2. The predicted octanol–water partition coefficient (Wildman–Crippen LogP) is 5.91. The number of amides is 1. The summed E-state index contributed by atoms with van der Waals surface area (Å²) in [5.74, 6) is 0.625. The molecule has 8 heteroatoms. The fourth-order valence-electron chi connectivity index (χ4n) is 4.39. The fraction of sp³-hybridized carbons (Fsp3) is 0.185. The van der Waals surface area contributed by atoms with Crippen molar-refractivity contribution in [1.29, 1.82) is 0 Å². The number of halogens is 3. The highest BCUT2D eigenvalue weighted by atomic mass is 19.4. The highest BCUT2D eigenvalue weighted by molar-refractivity contribution is 6.08. The summed E-state index contributed by atoms with van der Waals surface area (Å²) in [7, 11) is 0. The Morgan fingerprint density at radius 3 is 2.57 bits per heavy atom. The molecule has 0 atom stereocenters. The molecule has 35 heavy (non-hydrogen) atoms. The Bertz CT molecular complexity index is 1330. The SMILES string of the molecule is O=C(Nc1ccc2c(c1)CCN(Cc1ncc[nH]1)C2)c1ccccc1-c1ccc(C(F)(F)F)cc1. The number of fused-ring (bicyclic) bond motifs is 1. The molecule has 1 aromatic heterocycles. The quantitative estimate of drug-likeness (QED) is 0.377. The van der Waals surface area contributed by atoms with Crippen LogP contribution in [0.1, 0.15) is 32.9 Å². The number of alkyl halides is 3. The molecule has 5 nitrogen and oxygen atoms in total. The lowest BCUT2D eigenvalue weighted by molar-refractivity contribution is -0.137. The van der Waals surface area contributed by atoms with Crippen LogP contribution in [0, 0.1) is 0 Å². The zero-order valence-electron chi connectivity index (χ0n) is 18.8. The van der Waals surface area contributed by atoms with E-state index in [0.717, 1.165) is 44.0 Å². The first-order valence-electron chi connectivity index (χ1n) is 11.3. The largest absolute Gasteiger partial charge is 0.416 e. The third-order valence-electron chi connectivity index (χ3n) is 6.18. The van der Waals surface area contributed by atoms with E-state index in [9.17, 15) is 18.0 Å². The van der Waals surface area contributed by atoms with Crippen molar-refractivity contribution in [2.75, 3.05) is 11.9 Å². The first kappa shape index (κ1) is 22.9. The fourth-order valence-corrected chi connectivity index (χ4v) is 4.39. The van der Waals surface area contributed by atoms with E-state index in [2.05, 4.69) is 20.2 Å². The van der Waals surface area contributed by atoms with Gasteiger partial charge in [-0.15, -0.1) is 0 Å². The Labute approximate surface area is 200 Å². The van der Waals surface area contributed by atoms with Gasteiger partial charge in [-0.05, 0) is 59.0 Å². The van der Waals surface area contributed by atoms with Gasteiger partial charge in [0, 0.05) is 36.7 Å². The molecular weight excluding hydrogens is 453 g/mol. The summed E-state index contributed by atoms with van der Waals surface area (Å²) in [6, 6.07) is 17.7. The number of carbonyl (C=O) groups is 1. The molecule has 0 saturated carbocycles. The van der Waals surface area contributed by atoms with E-state index < -0.39 is 11.7 Å². The van der Waals surface area contributed by atoms with Crippen LogP contribution in [0.3, 0.4) is 0 Å².